The molecule has 0 N–H and O–H groups in total. The molecule has 1 aromatic heterocycles. The Morgan fingerprint density at radius 1 is 1.27 bits per heavy atom. The highest BCUT2D eigenvalue weighted by molar-refractivity contribution is 7.16. The maximum Gasteiger partial charge on any atom is 0.279 e. The number of hydrogen-bond donors (Lipinski definition) is 0. The van der Waals surface area contributed by atoms with E-state index in [4.69, 9.17) is 21.1 Å². The zero-order valence-corrected chi connectivity index (χ0v) is 16.1. The van der Waals surface area contributed by atoms with Crippen LogP contribution in [0.1, 0.15) is 17.3 Å². The molecule has 0 radical (unpaired) electrons. The average molecular weight is 391 g/mol. The van der Waals surface area contributed by atoms with Crippen molar-refractivity contribution in [3.05, 3.63) is 57.9 Å². The van der Waals surface area contributed by atoms with E-state index in [-0.39, 0.29) is 5.91 Å². The van der Waals surface area contributed by atoms with E-state index in [1.807, 2.05) is 29.7 Å². The van der Waals surface area contributed by atoms with Gasteiger partial charge in [-0.25, -0.2) is 0 Å². The molecular weight excluding hydrogens is 372 g/mol. The summed E-state index contributed by atoms with van der Waals surface area (Å²) in [6.07, 6.45) is 0. The molecule has 3 rings (SSSR count). The van der Waals surface area contributed by atoms with Gasteiger partial charge < -0.3 is 14.0 Å². The van der Waals surface area contributed by atoms with Crippen LogP contribution in [0.25, 0.3) is 10.2 Å². The second kappa shape index (κ2) is 8.49. The van der Waals surface area contributed by atoms with Gasteiger partial charge in [-0.3, -0.25) is 4.79 Å². The molecule has 0 aliphatic rings. The molecule has 26 heavy (non-hydrogen) atoms. The molecule has 0 spiro atoms. The average Bonchev–Trinajstić information content (AvgIpc) is 3.00. The highest BCUT2D eigenvalue weighted by Gasteiger charge is 2.12. The number of amides is 1. The van der Waals surface area contributed by atoms with E-state index < -0.39 is 0 Å². The molecule has 0 aliphatic heterocycles. The van der Waals surface area contributed by atoms with Gasteiger partial charge in [-0.05, 0) is 37.3 Å². The van der Waals surface area contributed by atoms with Crippen LogP contribution >= 0.6 is 22.9 Å². The fourth-order valence-corrected chi connectivity index (χ4v) is 4.00. The summed E-state index contributed by atoms with van der Waals surface area (Å²) < 4.78 is 13.6. The monoisotopic (exact) mass is 390 g/mol. The lowest BCUT2D eigenvalue weighted by molar-refractivity contribution is 0.0996. The zero-order chi connectivity index (χ0) is 18.5. The quantitative estimate of drug-likeness (QED) is 0.594. The minimum absolute atomic E-state index is 0.322. The van der Waals surface area contributed by atoms with Gasteiger partial charge in [0.15, 0.2) is 4.80 Å². The first-order valence-corrected chi connectivity index (χ1v) is 9.42. The summed E-state index contributed by atoms with van der Waals surface area (Å²) in [5.41, 5.74) is 1.35. The van der Waals surface area contributed by atoms with Crippen LogP contribution in [0.3, 0.4) is 0 Å². The number of carbonyl (C=O) groups is 1. The third-order valence-corrected chi connectivity index (χ3v) is 5.18. The molecule has 1 heterocycles. The Morgan fingerprint density at radius 2 is 2.08 bits per heavy atom. The molecule has 136 valence electrons. The Balaban J connectivity index is 2.07. The van der Waals surface area contributed by atoms with Crippen molar-refractivity contribution >= 4 is 39.1 Å². The largest absolute Gasteiger partial charge is 0.497 e. The van der Waals surface area contributed by atoms with Crippen molar-refractivity contribution in [1.82, 2.24) is 4.57 Å². The van der Waals surface area contributed by atoms with Crippen LogP contribution in [0, 0.1) is 0 Å². The second-order valence-corrected chi connectivity index (χ2v) is 6.88. The van der Waals surface area contributed by atoms with E-state index in [0.29, 0.717) is 40.9 Å². The Labute approximate surface area is 160 Å². The number of nitrogens with zero attached hydrogens (tertiary/aromatic N) is 2. The summed E-state index contributed by atoms with van der Waals surface area (Å²) in [5.74, 6) is 0.298. The molecule has 0 unspecified atom stereocenters. The lowest BCUT2D eigenvalue weighted by atomic mass is 10.2. The van der Waals surface area contributed by atoms with Crippen molar-refractivity contribution in [1.29, 1.82) is 0 Å². The van der Waals surface area contributed by atoms with Gasteiger partial charge in [0.1, 0.15) is 5.75 Å². The van der Waals surface area contributed by atoms with Crippen molar-refractivity contribution in [2.45, 2.75) is 13.5 Å². The van der Waals surface area contributed by atoms with Crippen LogP contribution in [0.5, 0.6) is 5.75 Å². The van der Waals surface area contributed by atoms with Crippen LogP contribution in [0.2, 0.25) is 5.02 Å². The SMILES string of the molecule is CCOCCn1c(=NC(=O)c2cccc(OC)c2)sc2cccc(Cl)c21. The number of ether oxygens (including phenoxy) is 2. The number of thiazole rings is 1. The highest BCUT2D eigenvalue weighted by atomic mass is 35.5. The number of benzene rings is 2. The van der Waals surface area contributed by atoms with E-state index in [9.17, 15) is 4.79 Å². The van der Waals surface area contributed by atoms with Gasteiger partial charge in [0.25, 0.3) is 5.91 Å². The van der Waals surface area contributed by atoms with Crippen LogP contribution in [-0.2, 0) is 11.3 Å². The van der Waals surface area contributed by atoms with E-state index in [2.05, 4.69) is 4.99 Å². The van der Waals surface area contributed by atoms with E-state index in [1.54, 1.807) is 31.4 Å². The molecule has 0 atom stereocenters. The van der Waals surface area contributed by atoms with Crippen molar-refractivity contribution in [2.24, 2.45) is 4.99 Å². The standard InChI is InChI=1S/C19H19ClN2O3S/c1-3-25-11-10-22-17-15(20)8-5-9-16(17)26-19(22)21-18(23)13-6-4-7-14(12-13)24-2/h4-9,12H,3,10-11H2,1-2H3. The molecule has 0 aliphatic carbocycles. The van der Waals surface area contributed by atoms with Gasteiger partial charge >= 0.3 is 0 Å². The predicted octanol–water partition coefficient (Wildman–Crippen LogP) is 4.14. The van der Waals surface area contributed by atoms with Gasteiger partial charge in [-0.1, -0.05) is 35.1 Å². The summed E-state index contributed by atoms with van der Waals surface area (Å²) in [4.78, 5) is 17.6. The predicted molar refractivity (Wildman–Crippen MR) is 104 cm³/mol. The number of fused-ring (bicyclic) bond motifs is 1. The van der Waals surface area contributed by atoms with Crippen LogP contribution < -0.4 is 9.54 Å². The lowest BCUT2D eigenvalue weighted by Crippen LogP contribution is -2.20. The second-order valence-electron chi connectivity index (χ2n) is 5.47. The van der Waals surface area contributed by atoms with Crippen molar-refractivity contribution < 1.29 is 14.3 Å². The van der Waals surface area contributed by atoms with Crippen molar-refractivity contribution in [2.75, 3.05) is 20.3 Å². The van der Waals surface area contributed by atoms with Gasteiger partial charge in [0.05, 0.1) is 29.0 Å². The normalized spacial score (nSPS) is 11.9. The van der Waals surface area contributed by atoms with Crippen LogP contribution in [-0.4, -0.2) is 30.8 Å². The maximum atomic E-state index is 12.6. The first-order chi connectivity index (χ1) is 12.6. The number of carbonyl (C=O) groups excluding carboxylic acids is 1. The zero-order valence-electron chi connectivity index (χ0n) is 14.6. The Hall–Kier alpha value is -2.15. The van der Waals surface area contributed by atoms with E-state index in [0.717, 1.165) is 10.2 Å². The topological polar surface area (TPSA) is 52.8 Å². The summed E-state index contributed by atoms with van der Waals surface area (Å²) in [6, 6.07) is 12.7. The molecule has 0 saturated carbocycles. The molecule has 2 aromatic carbocycles. The van der Waals surface area contributed by atoms with Gasteiger partial charge in [-0.2, -0.15) is 4.99 Å². The molecule has 7 heteroatoms. The number of aromatic nitrogens is 1. The molecule has 0 bridgehead atoms. The fraction of sp³-hybridized carbons (Fsp3) is 0.263. The van der Waals surface area contributed by atoms with Crippen molar-refractivity contribution in [3.63, 3.8) is 0 Å². The Bertz CT molecular complexity index is 994. The number of rotatable bonds is 6. The molecule has 0 fully saturated rings. The Kier molecular flexibility index (Phi) is 6.08. The fourth-order valence-electron chi connectivity index (χ4n) is 2.59. The Morgan fingerprint density at radius 3 is 2.85 bits per heavy atom. The number of halogens is 1. The molecule has 3 aromatic rings. The van der Waals surface area contributed by atoms with Gasteiger partial charge in [0.2, 0.25) is 0 Å². The summed E-state index contributed by atoms with van der Waals surface area (Å²) in [6.45, 7) is 3.67. The number of hydrogen-bond acceptors (Lipinski definition) is 4. The van der Waals surface area contributed by atoms with E-state index >= 15 is 0 Å². The third-order valence-electron chi connectivity index (χ3n) is 3.83. The third kappa shape index (κ3) is 3.98. The lowest BCUT2D eigenvalue weighted by Gasteiger charge is -2.06. The van der Waals surface area contributed by atoms with Gasteiger partial charge in [-0.15, -0.1) is 0 Å². The molecular formula is C19H19ClN2O3S. The smallest absolute Gasteiger partial charge is 0.279 e. The minimum Gasteiger partial charge on any atom is -0.497 e. The highest BCUT2D eigenvalue weighted by Crippen LogP contribution is 2.25. The summed E-state index contributed by atoms with van der Waals surface area (Å²) >= 11 is 7.82. The number of methoxy groups -OCH3 is 1. The first kappa shape index (κ1) is 18.6. The molecule has 5 nitrogen and oxygen atoms in total. The summed E-state index contributed by atoms with van der Waals surface area (Å²) in [5, 5.41) is 0.630. The first-order valence-electron chi connectivity index (χ1n) is 8.22. The van der Waals surface area contributed by atoms with E-state index in [1.165, 1.54) is 11.3 Å². The number of para-hydroxylation sites is 1. The van der Waals surface area contributed by atoms with Crippen LogP contribution in [0.15, 0.2) is 47.5 Å². The molecule has 1 amide bonds. The van der Waals surface area contributed by atoms with Crippen LogP contribution in [0.4, 0.5) is 0 Å². The maximum absolute atomic E-state index is 12.6. The van der Waals surface area contributed by atoms with Gasteiger partial charge in [0, 0.05) is 18.7 Å². The summed E-state index contributed by atoms with van der Waals surface area (Å²) in [7, 11) is 1.57. The minimum atomic E-state index is -0.322. The molecule has 0 saturated heterocycles. The van der Waals surface area contributed by atoms with Crippen molar-refractivity contribution in [3.8, 4) is 5.75 Å².